The fourth-order valence-electron chi connectivity index (χ4n) is 1.17. The lowest BCUT2D eigenvalue weighted by Gasteiger charge is -2.15. The third kappa shape index (κ3) is 24.9. The van der Waals surface area contributed by atoms with Gasteiger partial charge in [-0.3, -0.25) is 0 Å². The summed E-state index contributed by atoms with van der Waals surface area (Å²) in [6.45, 7) is 15.1. The predicted octanol–water partition coefficient (Wildman–Crippen LogP) is 4.96. The van der Waals surface area contributed by atoms with Gasteiger partial charge in [-0.2, -0.15) is 0 Å². The Morgan fingerprint density at radius 2 is 1.07 bits per heavy atom. The second kappa shape index (κ2) is 23.6. The molecule has 0 aliphatic carbocycles. The Morgan fingerprint density at radius 1 is 0.667 bits per heavy atom. The third-order valence-corrected chi connectivity index (χ3v) is 2.04. The first-order valence-electron chi connectivity index (χ1n) is 6.99. The monoisotopic (exact) mass is 217 g/mol. The van der Waals surface area contributed by atoms with Crippen molar-refractivity contribution >= 4 is 0 Å². The van der Waals surface area contributed by atoms with E-state index in [9.17, 15) is 0 Å². The Hall–Kier alpha value is -0.0400. The van der Waals surface area contributed by atoms with E-state index in [1.165, 1.54) is 45.2 Å². The summed E-state index contributed by atoms with van der Waals surface area (Å²) in [7, 11) is 2.23. The topological polar surface area (TPSA) is 3.24 Å². The molecule has 0 radical (unpaired) electrons. The molecule has 0 aliphatic rings. The van der Waals surface area contributed by atoms with E-state index in [1.807, 2.05) is 27.7 Å². The Labute approximate surface area is 99.3 Å². The molecule has 0 saturated carbocycles. The van der Waals surface area contributed by atoms with Crippen LogP contribution in [-0.4, -0.2) is 25.0 Å². The fourth-order valence-corrected chi connectivity index (χ4v) is 1.17. The van der Waals surface area contributed by atoms with Crippen molar-refractivity contribution in [2.75, 3.05) is 20.1 Å². The lowest BCUT2D eigenvalue weighted by Crippen LogP contribution is -2.20. The Bertz CT molecular complexity index is 71.7. The standard InChI is InChI=1S/C10H23N.2C2H6/c1-4-6-8-10-11(3)9-7-5-2;2*1-2/h4-10H2,1-3H3;2*1-2H3. The Morgan fingerprint density at radius 3 is 1.47 bits per heavy atom. The van der Waals surface area contributed by atoms with Crippen LogP contribution in [0, 0.1) is 0 Å². The van der Waals surface area contributed by atoms with Crippen molar-refractivity contribution in [1.82, 2.24) is 4.90 Å². The molecule has 0 N–H and O–H groups in total. The van der Waals surface area contributed by atoms with E-state index in [2.05, 4.69) is 25.8 Å². The summed E-state index contributed by atoms with van der Waals surface area (Å²) in [6.07, 6.45) is 6.76. The lowest BCUT2D eigenvalue weighted by atomic mass is 10.2. The van der Waals surface area contributed by atoms with Crippen LogP contribution in [0.1, 0.15) is 73.6 Å². The first-order chi connectivity index (χ1) is 7.31. The van der Waals surface area contributed by atoms with Crippen molar-refractivity contribution in [1.29, 1.82) is 0 Å². The highest BCUT2D eigenvalue weighted by Gasteiger charge is 1.95. The summed E-state index contributed by atoms with van der Waals surface area (Å²) in [6, 6.07) is 0. The summed E-state index contributed by atoms with van der Waals surface area (Å²) >= 11 is 0. The molecule has 1 nitrogen and oxygen atoms in total. The highest BCUT2D eigenvalue weighted by atomic mass is 15.1. The van der Waals surface area contributed by atoms with Crippen LogP contribution in [0.25, 0.3) is 0 Å². The number of unbranched alkanes of at least 4 members (excludes halogenated alkanes) is 3. The van der Waals surface area contributed by atoms with Gasteiger partial charge < -0.3 is 4.90 Å². The molecule has 0 aromatic carbocycles. The molecular weight excluding hydrogens is 182 g/mol. The van der Waals surface area contributed by atoms with Gasteiger partial charge >= 0.3 is 0 Å². The first-order valence-corrected chi connectivity index (χ1v) is 6.99. The van der Waals surface area contributed by atoms with Crippen molar-refractivity contribution in [2.24, 2.45) is 0 Å². The number of rotatable bonds is 7. The van der Waals surface area contributed by atoms with Crippen molar-refractivity contribution < 1.29 is 0 Å². The summed E-state index contributed by atoms with van der Waals surface area (Å²) in [5, 5.41) is 0. The molecule has 0 unspecified atom stereocenters. The van der Waals surface area contributed by atoms with Gasteiger partial charge in [-0.25, -0.2) is 0 Å². The molecule has 0 atom stereocenters. The van der Waals surface area contributed by atoms with Gasteiger partial charge in [0.2, 0.25) is 0 Å². The summed E-state index contributed by atoms with van der Waals surface area (Å²) in [5.74, 6) is 0. The van der Waals surface area contributed by atoms with E-state index in [-0.39, 0.29) is 0 Å². The molecule has 96 valence electrons. The maximum atomic E-state index is 2.44. The molecule has 0 aliphatic heterocycles. The third-order valence-electron chi connectivity index (χ3n) is 2.04. The maximum Gasteiger partial charge on any atom is -0.00218 e. The average Bonchev–Trinajstić information content (AvgIpc) is 2.32. The number of hydrogen-bond donors (Lipinski definition) is 0. The molecule has 0 aromatic heterocycles. The van der Waals surface area contributed by atoms with E-state index >= 15 is 0 Å². The highest BCUT2D eigenvalue weighted by Crippen LogP contribution is 1.97. The van der Waals surface area contributed by atoms with Crippen molar-refractivity contribution in [3.05, 3.63) is 0 Å². The zero-order valence-electron chi connectivity index (χ0n) is 12.4. The van der Waals surface area contributed by atoms with E-state index < -0.39 is 0 Å². The van der Waals surface area contributed by atoms with Crippen molar-refractivity contribution in [3.63, 3.8) is 0 Å². The molecule has 15 heavy (non-hydrogen) atoms. The van der Waals surface area contributed by atoms with Gasteiger partial charge in [-0.05, 0) is 33.0 Å². The largest absolute Gasteiger partial charge is 0.306 e. The molecule has 1 heteroatoms. The van der Waals surface area contributed by atoms with Gasteiger partial charge in [0.1, 0.15) is 0 Å². The highest BCUT2D eigenvalue weighted by molar-refractivity contribution is 4.50. The zero-order valence-corrected chi connectivity index (χ0v) is 12.4. The molecule has 0 saturated heterocycles. The molecule has 0 spiro atoms. The first kappa shape index (κ1) is 20.4. The average molecular weight is 217 g/mol. The zero-order chi connectivity index (χ0) is 12.5. The van der Waals surface area contributed by atoms with Crippen LogP contribution in [0.3, 0.4) is 0 Å². The molecule has 0 fully saturated rings. The minimum absolute atomic E-state index is 1.28. The molecule has 0 rings (SSSR count). The number of hydrogen-bond acceptors (Lipinski definition) is 1. The second-order valence-electron chi connectivity index (χ2n) is 3.36. The predicted molar refractivity (Wildman–Crippen MR) is 74.6 cm³/mol. The van der Waals surface area contributed by atoms with Gasteiger partial charge in [0.15, 0.2) is 0 Å². The van der Waals surface area contributed by atoms with E-state index in [1.54, 1.807) is 0 Å². The van der Waals surface area contributed by atoms with Crippen LogP contribution in [0.5, 0.6) is 0 Å². The summed E-state index contributed by atoms with van der Waals surface area (Å²) < 4.78 is 0. The molecule has 0 amide bonds. The normalized spacial score (nSPS) is 8.80. The molecule has 0 aromatic rings. The molecule has 0 heterocycles. The van der Waals surface area contributed by atoms with Gasteiger partial charge in [0, 0.05) is 0 Å². The second-order valence-corrected chi connectivity index (χ2v) is 3.36. The lowest BCUT2D eigenvalue weighted by molar-refractivity contribution is 0.320. The summed E-state index contributed by atoms with van der Waals surface area (Å²) in [5.41, 5.74) is 0. The van der Waals surface area contributed by atoms with Crippen molar-refractivity contribution in [2.45, 2.75) is 73.6 Å². The fraction of sp³-hybridized carbons (Fsp3) is 1.00. The summed E-state index contributed by atoms with van der Waals surface area (Å²) in [4.78, 5) is 2.44. The van der Waals surface area contributed by atoms with Crippen LogP contribution in [0.15, 0.2) is 0 Å². The van der Waals surface area contributed by atoms with Gasteiger partial charge in [-0.15, -0.1) is 0 Å². The van der Waals surface area contributed by atoms with Gasteiger partial charge in [0.05, 0.1) is 0 Å². The molecular formula is C14H35N. The Kier molecular flexibility index (Phi) is 32.1. The molecule has 0 bridgehead atoms. The van der Waals surface area contributed by atoms with Crippen LogP contribution in [-0.2, 0) is 0 Å². The SMILES string of the molecule is CC.CC.CCCCCN(C)CCCC. The van der Waals surface area contributed by atoms with Crippen LogP contribution < -0.4 is 0 Å². The quantitative estimate of drug-likeness (QED) is 0.545. The van der Waals surface area contributed by atoms with Crippen LogP contribution in [0.2, 0.25) is 0 Å². The van der Waals surface area contributed by atoms with Gasteiger partial charge in [-0.1, -0.05) is 60.8 Å². The van der Waals surface area contributed by atoms with E-state index in [0.717, 1.165) is 0 Å². The van der Waals surface area contributed by atoms with E-state index in [4.69, 9.17) is 0 Å². The number of nitrogens with zero attached hydrogens (tertiary/aromatic N) is 1. The van der Waals surface area contributed by atoms with E-state index in [0.29, 0.717) is 0 Å². The Balaban J connectivity index is -0.000000318. The minimum Gasteiger partial charge on any atom is -0.306 e. The minimum atomic E-state index is 1.28. The maximum absolute atomic E-state index is 2.44. The van der Waals surface area contributed by atoms with Gasteiger partial charge in [0.25, 0.3) is 0 Å². The van der Waals surface area contributed by atoms with Crippen LogP contribution >= 0.6 is 0 Å². The smallest absolute Gasteiger partial charge is 0.00218 e. The van der Waals surface area contributed by atoms with Crippen LogP contribution in [0.4, 0.5) is 0 Å². The van der Waals surface area contributed by atoms with Crippen molar-refractivity contribution in [3.8, 4) is 0 Å².